The van der Waals surface area contributed by atoms with Gasteiger partial charge in [-0.2, -0.15) is 0 Å². The zero-order valence-electron chi connectivity index (χ0n) is 20.1. The number of carbonyl (C=O) groups excluding carboxylic acids is 1. The summed E-state index contributed by atoms with van der Waals surface area (Å²) < 4.78 is 2.01. The first-order chi connectivity index (χ1) is 16.5. The molecular weight excluding hydrogens is 464 g/mol. The van der Waals surface area contributed by atoms with Gasteiger partial charge in [-0.15, -0.1) is 21.5 Å². The Balaban J connectivity index is 1.34. The van der Waals surface area contributed by atoms with Crippen LogP contribution in [-0.2, 0) is 17.6 Å². The number of benzene rings is 1. The van der Waals surface area contributed by atoms with Gasteiger partial charge in [0.05, 0.1) is 11.1 Å². The third-order valence-electron chi connectivity index (χ3n) is 6.54. The number of aryl methyl sites for hydroxylation is 4. The number of aromatic nitrogens is 4. The van der Waals surface area contributed by atoms with Crippen LogP contribution in [0.3, 0.4) is 0 Å². The van der Waals surface area contributed by atoms with E-state index in [2.05, 4.69) is 46.4 Å². The van der Waals surface area contributed by atoms with Crippen molar-refractivity contribution in [2.24, 2.45) is 0 Å². The minimum absolute atomic E-state index is 0.0555. The molecule has 5 rings (SSSR count). The van der Waals surface area contributed by atoms with Gasteiger partial charge in [0.1, 0.15) is 10.7 Å². The second kappa shape index (κ2) is 9.54. The zero-order valence-corrected chi connectivity index (χ0v) is 21.8. The van der Waals surface area contributed by atoms with Gasteiger partial charge in [0.25, 0.3) is 0 Å². The normalized spacial score (nSPS) is 13.4. The second-order valence-corrected chi connectivity index (χ2v) is 10.7. The van der Waals surface area contributed by atoms with Gasteiger partial charge >= 0.3 is 0 Å². The third-order valence-corrected chi connectivity index (χ3v) is 8.66. The van der Waals surface area contributed by atoms with Gasteiger partial charge in [0.15, 0.2) is 10.8 Å². The van der Waals surface area contributed by atoms with Crippen LogP contribution in [0.15, 0.2) is 23.4 Å². The first-order valence-corrected chi connectivity index (χ1v) is 13.7. The van der Waals surface area contributed by atoms with Crippen molar-refractivity contribution < 1.29 is 4.79 Å². The van der Waals surface area contributed by atoms with E-state index in [1.54, 1.807) is 11.3 Å². The Morgan fingerprint density at radius 3 is 2.74 bits per heavy atom. The van der Waals surface area contributed by atoms with Crippen molar-refractivity contribution in [3.8, 4) is 0 Å². The summed E-state index contributed by atoms with van der Waals surface area (Å²) >= 11 is 3.20. The lowest BCUT2D eigenvalue weighted by molar-refractivity contribution is -0.113. The van der Waals surface area contributed by atoms with Gasteiger partial charge in [-0.1, -0.05) is 11.8 Å². The molecule has 3 heterocycles. The second-order valence-electron chi connectivity index (χ2n) is 8.70. The number of rotatable bonds is 7. The van der Waals surface area contributed by atoms with Crippen molar-refractivity contribution in [2.75, 3.05) is 29.1 Å². The molecule has 1 aromatic carbocycles. The number of hydrogen-bond donors (Lipinski definition) is 1. The predicted molar refractivity (Wildman–Crippen MR) is 142 cm³/mol. The van der Waals surface area contributed by atoms with E-state index >= 15 is 0 Å². The van der Waals surface area contributed by atoms with Gasteiger partial charge in [0.2, 0.25) is 5.91 Å². The van der Waals surface area contributed by atoms with Crippen LogP contribution in [0.1, 0.15) is 48.5 Å². The Morgan fingerprint density at radius 1 is 1.18 bits per heavy atom. The van der Waals surface area contributed by atoms with E-state index in [9.17, 15) is 4.79 Å². The van der Waals surface area contributed by atoms with E-state index in [0.717, 1.165) is 58.9 Å². The molecule has 3 aromatic heterocycles. The van der Waals surface area contributed by atoms with Gasteiger partial charge in [-0.05, 0) is 82.7 Å². The third kappa shape index (κ3) is 4.15. The topological polar surface area (TPSA) is 75.4 Å². The number of anilines is 2. The standard InChI is InChI=1S/C25H30N6OS2/c1-5-30(6-2)17-11-12-19(15(3)13-17)27-21(32)14-33-25-29-28-23-22-18-9-7-8-10-20(18)34-24(22)26-16(4)31(23)25/h11-13H,5-10,14H2,1-4H3,(H,27,32). The summed E-state index contributed by atoms with van der Waals surface area (Å²) in [5.74, 6) is 1.06. The lowest BCUT2D eigenvalue weighted by Gasteiger charge is -2.22. The summed E-state index contributed by atoms with van der Waals surface area (Å²) in [7, 11) is 0. The van der Waals surface area contributed by atoms with E-state index in [1.165, 1.54) is 40.7 Å². The van der Waals surface area contributed by atoms with Crippen LogP contribution in [0.4, 0.5) is 11.4 Å². The highest BCUT2D eigenvalue weighted by molar-refractivity contribution is 7.99. The van der Waals surface area contributed by atoms with Gasteiger partial charge in [-0.25, -0.2) is 4.98 Å². The van der Waals surface area contributed by atoms with Crippen LogP contribution in [-0.4, -0.2) is 44.3 Å². The summed E-state index contributed by atoms with van der Waals surface area (Å²) in [6, 6.07) is 6.18. The molecule has 0 saturated heterocycles. The lowest BCUT2D eigenvalue weighted by Crippen LogP contribution is -2.22. The van der Waals surface area contributed by atoms with E-state index in [1.807, 2.05) is 24.3 Å². The van der Waals surface area contributed by atoms with E-state index in [0.29, 0.717) is 5.16 Å². The molecule has 1 aliphatic rings. The number of carbonyl (C=O) groups is 1. The molecule has 178 valence electrons. The maximum Gasteiger partial charge on any atom is 0.234 e. The number of thiophene rings is 1. The minimum Gasteiger partial charge on any atom is -0.372 e. The van der Waals surface area contributed by atoms with E-state index in [4.69, 9.17) is 4.98 Å². The quantitative estimate of drug-likeness (QED) is 0.346. The van der Waals surface area contributed by atoms with Gasteiger partial charge in [-0.3, -0.25) is 9.20 Å². The molecule has 4 aromatic rings. The van der Waals surface area contributed by atoms with Gasteiger partial charge in [0, 0.05) is 29.3 Å². The van der Waals surface area contributed by atoms with E-state index in [-0.39, 0.29) is 11.7 Å². The monoisotopic (exact) mass is 494 g/mol. The smallest absolute Gasteiger partial charge is 0.234 e. The molecule has 1 aliphatic carbocycles. The fourth-order valence-electron chi connectivity index (χ4n) is 4.76. The van der Waals surface area contributed by atoms with Gasteiger partial charge < -0.3 is 10.2 Å². The average molecular weight is 495 g/mol. The van der Waals surface area contributed by atoms with Crippen LogP contribution in [0.5, 0.6) is 0 Å². The molecule has 0 bridgehead atoms. The first-order valence-electron chi connectivity index (χ1n) is 11.9. The molecule has 9 heteroatoms. The molecule has 0 radical (unpaired) electrons. The Bertz CT molecular complexity index is 1370. The molecule has 7 nitrogen and oxygen atoms in total. The fourth-order valence-corrected chi connectivity index (χ4v) is 6.84. The summed E-state index contributed by atoms with van der Waals surface area (Å²) in [5.41, 5.74) is 5.34. The van der Waals surface area contributed by atoms with Crippen LogP contribution in [0, 0.1) is 13.8 Å². The number of thioether (sulfide) groups is 1. The molecule has 1 N–H and O–H groups in total. The van der Waals surface area contributed by atoms with Crippen molar-refractivity contribution in [1.82, 2.24) is 19.6 Å². The molecule has 0 aliphatic heterocycles. The van der Waals surface area contributed by atoms with E-state index < -0.39 is 0 Å². The predicted octanol–water partition coefficient (Wildman–Crippen LogP) is 5.41. The van der Waals surface area contributed by atoms with Crippen LogP contribution in [0.2, 0.25) is 0 Å². The Labute approximate surface area is 208 Å². The molecule has 34 heavy (non-hydrogen) atoms. The summed E-state index contributed by atoms with van der Waals surface area (Å²) in [5, 5.41) is 13.9. The van der Waals surface area contributed by atoms with Crippen LogP contribution < -0.4 is 10.2 Å². The summed E-state index contributed by atoms with van der Waals surface area (Å²) in [4.78, 5) is 22.4. The average Bonchev–Trinajstić information content (AvgIpc) is 3.41. The van der Waals surface area contributed by atoms with Crippen molar-refractivity contribution in [1.29, 1.82) is 0 Å². The van der Waals surface area contributed by atoms with Crippen molar-refractivity contribution in [3.63, 3.8) is 0 Å². The molecule has 0 atom stereocenters. The number of nitrogens with zero attached hydrogens (tertiary/aromatic N) is 5. The van der Waals surface area contributed by atoms with Crippen LogP contribution in [0.25, 0.3) is 15.9 Å². The number of nitrogens with one attached hydrogen (secondary N) is 1. The molecule has 0 unspecified atom stereocenters. The molecule has 1 amide bonds. The van der Waals surface area contributed by atoms with Crippen molar-refractivity contribution in [2.45, 2.75) is 58.5 Å². The summed E-state index contributed by atoms with van der Waals surface area (Å²) in [6.07, 6.45) is 4.67. The Kier molecular flexibility index (Phi) is 6.48. The molecule has 0 saturated carbocycles. The van der Waals surface area contributed by atoms with Crippen LogP contribution >= 0.6 is 23.1 Å². The minimum atomic E-state index is -0.0555. The molecular formula is C25H30N6OS2. The highest BCUT2D eigenvalue weighted by Gasteiger charge is 2.23. The Morgan fingerprint density at radius 2 is 1.97 bits per heavy atom. The Hall–Kier alpha value is -2.65. The number of fused-ring (bicyclic) bond motifs is 5. The number of hydrogen-bond acceptors (Lipinski definition) is 7. The maximum atomic E-state index is 12.8. The molecule has 0 fully saturated rings. The zero-order chi connectivity index (χ0) is 23.8. The maximum absolute atomic E-state index is 12.8. The largest absolute Gasteiger partial charge is 0.372 e. The highest BCUT2D eigenvalue weighted by atomic mass is 32.2. The summed E-state index contributed by atoms with van der Waals surface area (Å²) in [6.45, 7) is 10.2. The lowest BCUT2D eigenvalue weighted by atomic mass is 9.97. The van der Waals surface area contributed by atoms with Crippen molar-refractivity contribution in [3.05, 3.63) is 40.0 Å². The highest BCUT2D eigenvalue weighted by Crippen LogP contribution is 2.38. The fraction of sp³-hybridized carbons (Fsp3) is 0.440. The first kappa shape index (κ1) is 23.1. The number of amides is 1. The van der Waals surface area contributed by atoms with Crippen molar-refractivity contribution >= 4 is 56.2 Å². The molecule has 0 spiro atoms. The SMILES string of the molecule is CCN(CC)c1ccc(NC(=O)CSc2nnc3c4c5c(sc4nc(C)n23)CCCC5)c(C)c1.